The summed E-state index contributed by atoms with van der Waals surface area (Å²) in [7, 11) is 0. The highest BCUT2D eigenvalue weighted by Gasteiger charge is 2.44. The van der Waals surface area contributed by atoms with E-state index in [1.54, 1.807) is 0 Å². The largest absolute Gasteiger partial charge is 0.462 e. The molecule has 0 unspecified atom stereocenters. The van der Waals surface area contributed by atoms with Crippen LogP contribution in [0.1, 0.15) is 142 Å². The molecule has 0 aliphatic carbocycles. The van der Waals surface area contributed by atoms with Gasteiger partial charge in [-0.3, -0.25) is 9.59 Å². The van der Waals surface area contributed by atoms with Gasteiger partial charge >= 0.3 is 11.9 Å². The molecule has 1 fully saturated rings. The van der Waals surface area contributed by atoms with Gasteiger partial charge in [0, 0.05) is 12.8 Å². The number of esters is 2. The molecule has 10 nitrogen and oxygen atoms in total. The quantitative estimate of drug-likeness (QED) is 0.0291. The predicted octanol–water partition coefficient (Wildman–Crippen LogP) is 8.44. The molecular weight excluding hydrogens is 700 g/mol. The lowest BCUT2D eigenvalue weighted by Gasteiger charge is -2.39. The third-order valence-corrected chi connectivity index (χ3v) is 9.09. The van der Waals surface area contributed by atoms with Gasteiger partial charge in [0.05, 0.1) is 13.2 Å². The zero-order valence-electron chi connectivity index (χ0n) is 33.9. The van der Waals surface area contributed by atoms with Gasteiger partial charge in [-0.05, 0) is 77.0 Å². The molecule has 1 saturated heterocycles. The summed E-state index contributed by atoms with van der Waals surface area (Å²) in [6, 6.07) is 0. The van der Waals surface area contributed by atoms with Crippen molar-refractivity contribution in [2.24, 2.45) is 0 Å². The van der Waals surface area contributed by atoms with Crippen molar-refractivity contribution in [2.75, 3.05) is 19.8 Å². The number of carbonyl (C=O) groups excluding carboxylic acids is 2. The molecule has 0 amide bonds. The topological polar surface area (TPSA) is 152 Å². The molecule has 55 heavy (non-hydrogen) atoms. The van der Waals surface area contributed by atoms with Crippen molar-refractivity contribution in [1.29, 1.82) is 0 Å². The van der Waals surface area contributed by atoms with Crippen molar-refractivity contribution < 1.29 is 49.0 Å². The Labute approximate surface area is 332 Å². The fourth-order valence-corrected chi connectivity index (χ4v) is 5.80. The molecule has 0 spiro atoms. The second-order valence-electron chi connectivity index (χ2n) is 14.0. The summed E-state index contributed by atoms with van der Waals surface area (Å²) in [5.41, 5.74) is 0. The number of unbranched alkanes of at least 4 members (excludes halogenated alkanes) is 10. The normalized spacial score (nSPS) is 21.3. The zero-order valence-corrected chi connectivity index (χ0v) is 33.9. The molecule has 1 rings (SSSR count). The molecule has 0 radical (unpaired) electrons. The van der Waals surface area contributed by atoms with E-state index in [1.807, 2.05) is 0 Å². The minimum absolute atomic E-state index is 0.202. The van der Waals surface area contributed by atoms with E-state index in [2.05, 4.69) is 86.8 Å². The van der Waals surface area contributed by atoms with Crippen molar-refractivity contribution in [3.63, 3.8) is 0 Å². The smallest absolute Gasteiger partial charge is 0.306 e. The van der Waals surface area contributed by atoms with Crippen LogP contribution < -0.4 is 0 Å². The van der Waals surface area contributed by atoms with Crippen LogP contribution in [0.15, 0.2) is 72.9 Å². The maximum absolute atomic E-state index is 12.7. The fraction of sp³-hybridized carbons (Fsp3) is 0.689. The van der Waals surface area contributed by atoms with Gasteiger partial charge in [-0.1, -0.05) is 125 Å². The highest BCUT2D eigenvalue weighted by molar-refractivity contribution is 5.70. The van der Waals surface area contributed by atoms with E-state index >= 15 is 0 Å². The highest BCUT2D eigenvalue weighted by atomic mass is 16.7. The van der Waals surface area contributed by atoms with Crippen LogP contribution in [0.25, 0.3) is 0 Å². The maximum Gasteiger partial charge on any atom is 0.306 e. The van der Waals surface area contributed by atoms with Gasteiger partial charge in [0.15, 0.2) is 12.4 Å². The Bertz CT molecular complexity index is 1120. The number of hydrogen-bond acceptors (Lipinski definition) is 10. The molecule has 0 aromatic rings. The number of rotatable bonds is 33. The van der Waals surface area contributed by atoms with E-state index < -0.39 is 55.4 Å². The number of allylic oxidation sites excluding steroid dienone is 12. The van der Waals surface area contributed by atoms with Gasteiger partial charge in [-0.15, -0.1) is 0 Å². The van der Waals surface area contributed by atoms with Gasteiger partial charge < -0.3 is 39.4 Å². The number of aliphatic hydroxyl groups is 4. The summed E-state index contributed by atoms with van der Waals surface area (Å²) in [6.07, 6.45) is 36.2. The van der Waals surface area contributed by atoms with Crippen LogP contribution in [0.2, 0.25) is 0 Å². The Morgan fingerprint density at radius 2 is 1.02 bits per heavy atom. The Kier molecular flexibility index (Phi) is 32.4. The van der Waals surface area contributed by atoms with Crippen molar-refractivity contribution >= 4 is 11.9 Å². The molecule has 1 heterocycles. The maximum atomic E-state index is 12.7. The summed E-state index contributed by atoms with van der Waals surface area (Å²) in [4.78, 5) is 25.3. The lowest BCUT2D eigenvalue weighted by molar-refractivity contribution is -0.305. The average molecular weight is 775 g/mol. The first-order chi connectivity index (χ1) is 26.8. The molecule has 0 aromatic carbocycles. The first-order valence-corrected chi connectivity index (χ1v) is 21.0. The summed E-state index contributed by atoms with van der Waals surface area (Å²) in [6.45, 7) is 3.14. The summed E-state index contributed by atoms with van der Waals surface area (Å²) < 4.78 is 22.1. The van der Waals surface area contributed by atoms with E-state index in [9.17, 15) is 30.0 Å². The van der Waals surface area contributed by atoms with E-state index in [1.165, 1.54) is 0 Å². The van der Waals surface area contributed by atoms with Crippen LogP contribution >= 0.6 is 0 Å². The van der Waals surface area contributed by atoms with Crippen molar-refractivity contribution in [3.8, 4) is 0 Å². The predicted molar refractivity (Wildman–Crippen MR) is 219 cm³/mol. The third kappa shape index (κ3) is 27.4. The molecule has 1 aliphatic heterocycles. The molecule has 0 saturated carbocycles. The molecule has 0 aromatic heterocycles. The van der Waals surface area contributed by atoms with Crippen LogP contribution in [-0.4, -0.2) is 89.0 Å². The van der Waals surface area contributed by atoms with Crippen molar-refractivity contribution in [2.45, 2.75) is 179 Å². The molecule has 1 aliphatic rings. The van der Waals surface area contributed by atoms with Crippen LogP contribution in [0.4, 0.5) is 0 Å². The van der Waals surface area contributed by atoms with E-state index in [4.69, 9.17) is 18.9 Å². The average Bonchev–Trinajstić information content (AvgIpc) is 3.18. The first kappa shape index (κ1) is 50.2. The van der Waals surface area contributed by atoms with Gasteiger partial charge in [-0.25, -0.2) is 0 Å². The molecule has 314 valence electrons. The lowest BCUT2D eigenvalue weighted by atomic mass is 9.99. The van der Waals surface area contributed by atoms with Gasteiger partial charge in [0.1, 0.15) is 31.0 Å². The minimum atomic E-state index is -1.60. The Balaban J connectivity index is 2.39. The number of aliphatic hydroxyl groups excluding tert-OH is 4. The van der Waals surface area contributed by atoms with Gasteiger partial charge in [0.25, 0.3) is 0 Å². The van der Waals surface area contributed by atoms with Crippen molar-refractivity contribution in [1.82, 2.24) is 0 Å². The SMILES string of the molecule is CC/C=C\C/C=C\C/C=C\CCCCCCCC(=O)OC[C@H](CO[C@H]1O[C@H](CO)[C@@H](O)[C@H](O)[C@@H]1O)OC(=O)CCCCCCC/C=C\C/C=C\C/C=C\CC. The molecule has 0 bridgehead atoms. The molecule has 6 atom stereocenters. The monoisotopic (exact) mass is 775 g/mol. The third-order valence-electron chi connectivity index (χ3n) is 9.09. The number of ether oxygens (including phenoxy) is 4. The fourth-order valence-electron chi connectivity index (χ4n) is 5.80. The van der Waals surface area contributed by atoms with E-state index in [-0.39, 0.29) is 26.1 Å². The molecule has 10 heteroatoms. The van der Waals surface area contributed by atoms with Crippen LogP contribution in [0, 0.1) is 0 Å². The Morgan fingerprint density at radius 3 is 1.53 bits per heavy atom. The second kappa shape index (κ2) is 35.5. The van der Waals surface area contributed by atoms with Crippen LogP contribution in [0.5, 0.6) is 0 Å². The van der Waals surface area contributed by atoms with Crippen LogP contribution in [0.3, 0.4) is 0 Å². The molecular formula is C45H74O10. The highest BCUT2D eigenvalue weighted by Crippen LogP contribution is 2.22. The zero-order chi connectivity index (χ0) is 40.2. The Hall–Kier alpha value is -2.86. The number of hydrogen-bond donors (Lipinski definition) is 4. The van der Waals surface area contributed by atoms with Crippen molar-refractivity contribution in [3.05, 3.63) is 72.9 Å². The summed E-state index contributed by atoms with van der Waals surface area (Å²) in [5.74, 6) is -0.855. The number of carbonyl (C=O) groups is 2. The summed E-state index contributed by atoms with van der Waals surface area (Å²) in [5, 5.41) is 40.0. The second-order valence-corrected chi connectivity index (χ2v) is 14.0. The van der Waals surface area contributed by atoms with E-state index in [0.29, 0.717) is 12.8 Å². The lowest BCUT2D eigenvalue weighted by Crippen LogP contribution is -2.59. The standard InChI is InChI=1S/C45H74O10/c1-3-5-7-9-11-13-15-17-19-21-23-25-27-29-31-33-40(47)52-36-38(37-53-45-44(51)43(50)42(49)39(35-46)55-45)54-41(48)34-32-30-28-26-24-22-20-18-16-14-12-10-8-6-4-2/h5-8,11-14,17-20,38-39,42-46,49-51H,3-4,9-10,15-16,21-37H2,1-2H3/b7-5-,8-6-,13-11-,14-12-,19-17-,20-18-/t38-,39-,42-,43+,44+,45+/m1/s1. The van der Waals surface area contributed by atoms with Gasteiger partial charge in [0.2, 0.25) is 0 Å². The van der Waals surface area contributed by atoms with E-state index in [0.717, 1.165) is 103 Å². The molecule has 4 N–H and O–H groups in total. The van der Waals surface area contributed by atoms with Gasteiger partial charge in [-0.2, -0.15) is 0 Å². The first-order valence-electron chi connectivity index (χ1n) is 21.0. The summed E-state index contributed by atoms with van der Waals surface area (Å²) >= 11 is 0. The Morgan fingerprint density at radius 1 is 0.564 bits per heavy atom. The minimum Gasteiger partial charge on any atom is -0.462 e. The van der Waals surface area contributed by atoms with Crippen LogP contribution in [-0.2, 0) is 28.5 Å².